The molecule has 0 saturated carbocycles. The number of nitrogens with zero attached hydrogens (tertiary/aromatic N) is 2. The molecule has 8 heteroatoms. The van der Waals surface area contributed by atoms with Crippen molar-refractivity contribution >= 4 is 11.7 Å². The number of nitrogens with two attached hydrogens (primary N) is 1. The molecule has 0 bridgehead atoms. The third kappa shape index (κ3) is 4.48. The fraction of sp³-hybridized carbons (Fsp3) is 0.412. The summed E-state index contributed by atoms with van der Waals surface area (Å²) < 4.78 is 26.0. The van der Waals surface area contributed by atoms with Gasteiger partial charge in [-0.1, -0.05) is 6.07 Å². The van der Waals surface area contributed by atoms with E-state index < -0.39 is 6.10 Å². The number of aromatic nitrogens is 2. The summed E-state index contributed by atoms with van der Waals surface area (Å²) in [6.07, 6.45) is 0.218. The van der Waals surface area contributed by atoms with Gasteiger partial charge in [-0.05, 0) is 25.5 Å². The molecule has 0 spiro atoms. The van der Waals surface area contributed by atoms with Gasteiger partial charge in [0.25, 0.3) is 0 Å². The maximum absolute atomic E-state index is 13.3. The maximum Gasteiger partial charge on any atom is 0.242 e. The van der Waals surface area contributed by atoms with E-state index in [9.17, 15) is 9.18 Å². The Kier molecular flexibility index (Phi) is 5.18. The van der Waals surface area contributed by atoms with Gasteiger partial charge in [0.2, 0.25) is 5.91 Å². The van der Waals surface area contributed by atoms with Crippen molar-refractivity contribution < 1.29 is 18.7 Å². The second-order valence-corrected chi connectivity index (χ2v) is 6.02. The van der Waals surface area contributed by atoms with Crippen molar-refractivity contribution in [1.29, 1.82) is 0 Å². The first-order chi connectivity index (χ1) is 12.0. The summed E-state index contributed by atoms with van der Waals surface area (Å²) in [5, 5.41) is 7.11. The number of nitrogens with one attached hydrogen (secondary N) is 1. The minimum absolute atomic E-state index is 0.0315. The van der Waals surface area contributed by atoms with Crippen LogP contribution in [0.3, 0.4) is 0 Å². The third-order valence-corrected chi connectivity index (χ3v) is 3.96. The average molecular weight is 348 g/mol. The monoisotopic (exact) mass is 348 g/mol. The SMILES string of the molecule is Cc1cc(N)n(CC(=O)N[C@@H]2CCOC[C@H]2Oc2cccc(F)c2)n1. The van der Waals surface area contributed by atoms with E-state index >= 15 is 0 Å². The first kappa shape index (κ1) is 17.2. The molecule has 3 rings (SSSR count). The largest absolute Gasteiger partial charge is 0.486 e. The highest BCUT2D eigenvalue weighted by Gasteiger charge is 2.29. The number of anilines is 1. The minimum Gasteiger partial charge on any atom is -0.486 e. The zero-order chi connectivity index (χ0) is 17.8. The number of benzene rings is 1. The number of halogens is 1. The molecule has 2 aromatic rings. The highest BCUT2D eigenvalue weighted by atomic mass is 19.1. The lowest BCUT2D eigenvalue weighted by Gasteiger charge is -2.32. The number of amides is 1. The molecule has 0 unspecified atom stereocenters. The summed E-state index contributed by atoms with van der Waals surface area (Å²) in [4.78, 5) is 12.3. The average Bonchev–Trinajstić information content (AvgIpc) is 2.86. The van der Waals surface area contributed by atoms with E-state index in [-0.39, 0.29) is 24.3 Å². The summed E-state index contributed by atoms with van der Waals surface area (Å²) >= 11 is 0. The summed E-state index contributed by atoms with van der Waals surface area (Å²) in [5.74, 6) is 0.253. The molecule has 134 valence electrons. The van der Waals surface area contributed by atoms with Crippen LogP contribution < -0.4 is 15.8 Å². The fourth-order valence-corrected chi connectivity index (χ4v) is 2.79. The minimum atomic E-state index is -0.392. The van der Waals surface area contributed by atoms with Gasteiger partial charge in [0.15, 0.2) is 0 Å². The zero-order valence-corrected chi connectivity index (χ0v) is 13.9. The molecule has 3 N–H and O–H groups in total. The number of hydrogen-bond donors (Lipinski definition) is 2. The highest BCUT2D eigenvalue weighted by molar-refractivity contribution is 5.76. The van der Waals surface area contributed by atoms with Crippen molar-refractivity contribution in [3.8, 4) is 5.75 Å². The van der Waals surface area contributed by atoms with Crippen molar-refractivity contribution in [2.24, 2.45) is 0 Å². The lowest BCUT2D eigenvalue weighted by molar-refractivity contribution is -0.124. The Morgan fingerprint density at radius 1 is 1.52 bits per heavy atom. The van der Waals surface area contributed by atoms with Gasteiger partial charge in [-0.3, -0.25) is 4.79 Å². The van der Waals surface area contributed by atoms with Crippen LogP contribution in [0, 0.1) is 12.7 Å². The molecule has 2 atom stereocenters. The third-order valence-electron chi connectivity index (χ3n) is 3.96. The van der Waals surface area contributed by atoms with E-state index in [4.69, 9.17) is 15.2 Å². The van der Waals surface area contributed by atoms with Crippen molar-refractivity contribution in [2.45, 2.75) is 32.0 Å². The lowest BCUT2D eigenvalue weighted by Crippen LogP contribution is -2.52. The predicted molar refractivity (Wildman–Crippen MR) is 89.6 cm³/mol. The first-order valence-electron chi connectivity index (χ1n) is 8.10. The summed E-state index contributed by atoms with van der Waals surface area (Å²) in [6, 6.07) is 7.37. The second-order valence-electron chi connectivity index (χ2n) is 6.02. The molecule has 1 fully saturated rings. The molecule has 25 heavy (non-hydrogen) atoms. The van der Waals surface area contributed by atoms with Crippen LogP contribution in [-0.4, -0.2) is 41.0 Å². The Balaban J connectivity index is 1.62. The van der Waals surface area contributed by atoms with E-state index in [1.54, 1.807) is 18.2 Å². The molecule has 1 saturated heterocycles. The van der Waals surface area contributed by atoms with Gasteiger partial charge in [-0.2, -0.15) is 5.10 Å². The van der Waals surface area contributed by atoms with Crippen LogP contribution in [0.1, 0.15) is 12.1 Å². The molecule has 1 amide bonds. The first-order valence-corrected chi connectivity index (χ1v) is 8.10. The number of ether oxygens (including phenoxy) is 2. The van der Waals surface area contributed by atoms with Crippen LogP contribution in [0.2, 0.25) is 0 Å². The zero-order valence-electron chi connectivity index (χ0n) is 13.9. The Bertz CT molecular complexity index is 749. The molecule has 0 radical (unpaired) electrons. The van der Waals surface area contributed by atoms with Gasteiger partial charge >= 0.3 is 0 Å². The smallest absolute Gasteiger partial charge is 0.242 e. The Labute approximate surface area is 144 Å². The van der Waals surface area contributed by atoms with Crippen LogP contribution in [0.15, 0.2) is 30.3 Å². The lowest BCUT2D eigenvalue weighted by atomic mass is 10.1. The van der Waals surface area contributed by atoms with Gasteiger partial charge in [0, 0.05) is 18.7 Å². The summed E-state index contributed by atoms with van der Waals surface area (Å²) in [6.45, 7) is 2.69. The van der Waals surface area contributed by atoms with Crippen LogP contribution >= 0.6 is 0 Å². The van der Waals surface area contributed by atoms with E-state index in [2.05, 4.69) is 10.4 Å². The maximum atomic E-state index is 13.3. The normalized spacial score (nSPS) is 20.2. The Morgan fingerprint density at radius 2 is 2.36 bits per heavy atom. The summed E-state index contributed by atoms with van der Waals surface area (Å²) in [5.41, 5.74) is 6.56. The van der Waals surface area contributed by atoms with Crippen LogP contribution in [0.25, 0.3) is 0 Å². The van der Waals surface area contributed by atoms with Gasteiger partial charge in [-0.25, -0.2) is 9.07 Å². The van der Waals surface area contributed by atoms with Gasteiger partial charge in [0.1, 0.15) is 30.0 Å². The van der Waals surface area contributed by atoms with Gasteiger partial charge in [0.05, 0.1) is 18.3 Å². The topological polar surface area (TPSA) is 91.4 Å². The van der Waals surface area contributed by atoms with Gasteiger partial charge < -0.3 is 20.5 Å². The van der Waals surface area contributed by atoms with Crippen LogP contribution in [-0.2, 0) is 16.1 Å². The van der Waals surface area contributed by atoms with Gasteiger partial charge in [-0.15, -0.1) is 0 Å². The van der Waals surface area contributed by atoms with E-state index in [1.165, 1.54) is 16.8 Å². The molecule has 7 nitrogen and oxygen atoms in total. The highest BCUT2D eigenvalue weighted by Crippen LogP contribution is 2.19. The molecule has 1 aromatic heterocycles. The van der Waals surface area contributed by atoms with E-state index in [1.807, 2.05) is 6.92 Å². The Hall–Kier alpha value is -2.61. The summed E-state index contributed by atoms with van der Waals surface area (Å²) in [7, 11) is 0. The molecular formula is C17H21FN4O3. The Morgan fingerprint density at radius 3 is 3.08 bits per heavy atom. The number of aryl methyl sites for hydroxylation is 1. The van der Waals surface area contributed by atoms with Crippen molar-refractivity contribution in [3.05, 3.63) is 41.8 Å². The number of rotatable bonds is 5. The number of nitrogen functional groups attached to an aromatic ring is 1. The van der Waals surface area contributed by atoms with Crippen molar-refractivity contribution in [1.82, 2.24) is 15.1 Å². The molecule has 1 aliphatic rings. The van der Waals surface area contributed by atoms with Crippen LogP contribution in [0.5, 0.6) is 5.75 Å². The van der Waals surface area contributed by atoms with E-state index in [0.717, 1.165) is 5.69 Å². The molecule has 1 aromatic carbocycles. The molecule has 2 heterocycles. The molecular weight excluding hydrogens is 327 g/mol. The standard InChI is InChI=1S/C17H21FN4O3/c1-11-7-16(19)22(21-11)9-17(23)20-14-5-6-24-10-15(14)25-13-4-2-3-12(18)8-13/h2-4,7-8,14-15H,5-6,9-10,19H2,1H3,(H,20,23)/t14-,15-/m1/s1. The number of carbonyl (C=O) groups is 1. The van der Waals surface area contributed by atoms with Crippen molar-refractivity contribution in [2.75, 3.05) is 18.9 Å². The second kappa shape index (κ2) is 7.52. The molecule has 0 aliphatic carbocycles. The quantitative estimate of drug-likeness (QED) is 0.849. The number of carbonyl (C=O) groups excluding carboxylic acids is 1. The fourth-order valence-electron chi connectivity index (χ4n) is 2.79. The van der Waals surface area contributed by atoms with Crippen molar-refractivity contribution in [3.63, 3.8) is 0 Å². The predicted octanol–water partition coefficient (Wildman–Crippen LogP) is 1.27. The van der Waals surface area contributed by atoms with Crippen LogP contribution in [0.4, 0.5) is 10.2 Å². The number of hydrogen-bond acceptors (Lipinski definition) is 5. The van der Waals surface area contributed by atoms with E-state index in [0.29, 0.717) is 31.2 Å². The molecule has 1 aliphatic heterocycles.